The summed E-state index contributed by atoms with van der Waals surface area (Å²) in [4.78, 5) is 60.8. The number of likely N-dealkylation sites (tertiary alicyclic amines) is 2. The first kappa shape index (κ1) is 70.1. The lowest BCUT2D eigenvalue weighted by Crippen LogP contribution is -2.61. The summed E-state index contributed by atoms with van der Waals surface area (Å²) in [6.45, 7) is 33.3. The maximum atomic E-state index is 15.5. The predicted octanol–water partition coefficient (Wildman–Crippen LogP) is 16.4. The van der Waals surface area contributed by atoms with E-state index in [1.165, 1.54) is 0 Å². The first-order chi connectivity index (χ1) is 42.3. The number of aryl methyl sites for hydroxylation is 1. The van der Waals surface area contributed by atoms with E-state index in [1.807, 2.05) is 62.5 Å². The highest BCUT2D eigenvalue weighted by molar-refractivity contribution is 6.00. The number of carbonyl (C=O) groups excluding carboxylic acids is 4. The minimum Gasteiger partial charge on any atom is -0.507 e. The summed E-state index contributed by atoms with van der Waals surface area (Å²) < 4.78 is 42.5. The molecule has 0 aromatic heterocycles. The molecule has 7 rings (SSSR count). The zero-order valence-electron chi connectivity index (χ0n) is 56.6. The molecule has 1 N–H and O–H groups in total. The lowest BCUT2D eigenvalue weighted by molar-refractivity contribution is -0.186. The topological polar surface area (TPSA) is 160 Å². The van der Waals surface area contributed by atoms with Gasteiger partial charge in [-0.3, -0.25) is 14.5 Å². The number of phenols is 1. The first-order valence-corrected chi connectivity index (χ1v) is 32.4. The zero-order valence-corrected chi connectivity index (χ0v) is 56.6. The van der Waals surface area contributed by atoms with E-state index in [4.69, 9.17) is 33.2 Å². The lowest BCUT2D eigenvalue weighted by atomic mass is 9.73. The van der Waals surface area contributed by atoms with Gasteiger partial charge in [0.1, 0.15) is 46.7 Å². The quantitative estimate of drug-likeness (QED) is 0.0229. The molecule has 2 heterocycles. The smallest absolute Gasteiger partial charge is 0.343 e. The second-order valence-corrected chi connectivity index (χ2v) is 29.0. The van der Waals surface area contributed by atoms with Gasteiger partial charge in [-0.2, -0.15) is 0 Å². The van der Waals surface area contributed by atoms with Crippen LogP contribution >= 0.6 is 0 Å². The molecule has 0 amide bonds. The number of benzene rings is 5. The molecular weight excluding hydrogens is 1130 g/mol. The summed E-state index contributed by atoms with van der Waals surface area (Å²) in [5, 5.41) is 11.8. The number of hydrogen-bond acceptors (Lipinski definition) is 14. The van der Waals surface area contributed by atoms with Crippen molar-refractivity contribution >= 4 is 23.9 Å². The van der Waals surface area contributed by atoms with Crippen LogP contribution in [0.2, 0.25) is 0 Å². The van der Waals surface area contributed by atoms with Crippen LogP contribution in [0.3, 0.4) is 0 Å². The Labute approximate surface area is 537 Å². The molecule has 90 heavy (non-hydrogen) atoms. The van der Waals surface area contributed by atoms with E-state index in [1.54, 1.807) is 60.7 Å². The molecule has 2 aliphatic heterocycles. The molecule has 0 radical (unpaired) electrons. The average Bonchev–Trinajstić information content (AvgIpc) is 0.780. The van der Waals surface area contributed by atoms with Gasteiger partial charge in [0.2, 0.25) is 0 Å². The van der Waals surface area contributed by atoms with Crippen molar-refractivity contribution in [3.05, 3.63) is 155 Å². The third-order valence-electron chi connectivity index (χ3n) is 18.3. The van der Waals surface area contributed by atoms with Crippen molar-refractivity contribution in [3.8, 4) is 34.5 Å². The van der Waals surface area contributed by atoms with Gasteiger partial charge in [0.15, 0.2) is 5.41 Å². The summed E-state index contributed by atoms with van der Waals surface area (Å²) in [7, 11) is 4.15. The third kappa shape index (κ3) is 18.9. The Bertz CT molecular complexity index is 3170. The minimum atomic E-state index is -1.68. The van der Waals surface area contributed by atoms with Gasteiger partial charge in [-0.1, -0.05) is 97.2 Å². The summed E-state index contributed by atoms with van der Waals surface area (Å²) in [6.07, 6.45) is 8.33. The average molecular weight is 1240 g/mol. The second kappa shape index (κ2) is 29.8. The Morgan fingerprint density at radius 2 is 0.889 bits per heavy atom. The molecule has 488 valence electrons. The highest BCUT2D eigenvalue weighted by atomic mass is 16.6. The largest absolute Gasteiger partial charge is 0.507 e. The van der Waals surface area contributed by atoms with E-state index in [-0.39, 0.29) is 35.2 Å². The van der Waals surface area contributed by atoms with Crippen LogP contribution < -0.4 is 23.7 Å². The number of rotatable bonds is 27. The van der Waals surface area contributed by atoms with Crippen molar-refractivity contribution < 1.29 is 57.4 Å². The number of ether oxygens (including phenoxy) is 7. The molecule has 5 aromatic rings. The van der Waals surface area contributed by atoms with Crippen molar-refractivity contribution in [2.75, 3.05) is 33.9 Å². The van der Waals surface area contributed by atoms with Gasteiger partial charge < -0.3 is 43.2 Å². The summed E-state index contributed by atoms with van der Waals surface area (Å²) in [5.74, 6) is 1.01. The van der Waals surface area contributed by atoms with Crippen molar-refractivity contribution in [1.29, 1.82) is 0 Å². The van der Waals surface area contributed by atoms with Gasteiger partial charge in [0.25, 0.3) is 0 Å². The number of nitrogens with zero attached hydrogens (tertiary/aromatic N) is 2. The van der Waals surface area contributed by atoms with E-state index >= 15 is 9.59 Å². The molecule has 2 atom stereocenters. The number of carbonyl (C=O) groups is 4. The van der Waals surface area contributed by atoms with Crippen LogP contribution in [0.25, 0.3) is 0 Å². The lowest BCUT2D eigenvalue weighted by Gasteiger charge is -2.53. The summed E-state index contributed by atoms with van der Waals surface area (Å²) in [6, 6.07) is 31.9. The Morgan fingerprint density at radius 3 is 1.30 bits per heavy atom. The van der Waals surface area contributed by atoms with Gasteiger partial charge >= 0.3 is 23.9 Å². The Kier molecular flexibility index (Phi) is 23.2. The summed E-state index contributed by atoms with van der Waals surface area (Å²) >= 11 is 0. The van der Waals surface area contributed by atoms with E-state index in [9.17, 15) is 14.7 Å². The number of aromatic hydroxyl groups is 1. The van der Waals surface area contributed by atoms with Crippen LogP contribution in [0, 0.1) is 12.3 Å². The maximum Gasteiger partial charge on any atom is 0.343 e. The van der Waals surface area contributed by atoms with Crippen molar-refractivity contribution in [2.45, 2.75) is 220 Å². The SMILES string of the molecule is C=C1CC(OC(=O)C(CCCCCCOc2ccc(OCCCCCCOc3ccc(C(=O)Oc4ccc(OC(=O)c5ccc(C)cc5)cc4)cc3)cc2)(Cc2cc(C(C)(C)C)c(O)c(C(C)(C)C)c2)C(=O)OC2CC(C)(C)N(C)C(C)(C)C2)CC(C)(C)N1C. The highest BCUT2D eigenvalue weighted by Crippen LogP contribution is 2.45. The standard InChI is InChI=1S/C76H102N2O12/c1-52-25-27-55(28-26-52)67(80)87-60-37-39-61(40-38-60)88-68(81)56-29-31-57(32-30-56)84-43-23-19-20-24-44-86-59-35-33-58(34-36-59)85-42-22-18-17-21-41-76(69(82)89-62-45-53(2)77(15)73(9,10)49-62,70(83)90-63-50-74(11,12)78(16)75(13,14)51-63)48-54-46-64(71(3,4)5)66(79)65(47-54)72(6,7)8/h25-40,46-47,62-63,79H,2,17-24,41-45,48-51H2,1,3-16H3. The van der Waals surface area contributed by atoms with Gasteiger partial charge in [-0.15, -0.1) is 0 Å². The van der Waals surface area contributed by atoms with Crippen LogP contribution in [0.5, 0.6) is 34.5 Å². The second-order valence-electron chi connectivity index (χ2n) is 29.0. The van der Waals surface area contributed by atoms with Crippen molar-refractivity contribution in [2.24, 2.45) is 5.41 Å². The fourth-order valence-corrected chi connectivity index (χ4v) is 12.3. The predicted molar refractivity (Wildman–Crippen MR) is 355 cm³/mol. The minimum absolute atomic E-state index is 0.0625. The van der Waals surface area contributed by atoms with Gasteiger partial charge in [-0.25, -0.2) is 9.59 Å². The number of unbranched alkanes of at least 4 members (excludes halogenated alkanes) is 6. The van der Waals surface area contributed by atoms with E-state index in [2.05, 4.69) is 107 Å². The van der Waals surface area contributed by atoms with Gasteiger partial charge in [0.05, 0.1) is 30.9 Å². The number of esters is 4. The van der Waals surface area contributed by atoms with Crippen LogP contribution in [0.15, 0.2) is 121 Å². The molecule has 2 aliphatic rings. The van der Waals surface area contributed by atoms with Crippen LogP contribution in [-0.2, 0) is 36.3 Å². The van der Waals surface area contributed by atoms with E-state index < -0.39 is 52.3 Å². The molecule has 0 bridgehead atoms. The fourth-order valence-electron chi connectivity index (χ4n) is 12.3. The fraction of sp³-hybridized carbons (Fsp3) is 0.526. The van der Waals surface area contributed by atoms with Crippen LogP contribution in [0.1, 0.15) is 210 Å². The molecule has 0 spiro atoms. The van der Waals surface area contributed by atoms with E-state index in [0.29, 0.717) is 80.3 Å². The van der Waals surface area contributed by atoms with Crippen molar-refractivity contribution in [3.63, 3.8) is 0 Å². The molecule has 0 saturated carbocycles. The number of phenolic OH excluding ortho intramolecular Hbond substituents is 1. The Hall–Kier alpha value is -7.32. The highest BCUT2D eigenvalue weighted by Gasteiger charge is 2.53. The number of piperidine rings is 2. The Balaban J connectivity index is 0.875. The molecule has 0 aliphatic carbocycles. The molecule has 14 nitrogen and oxygen atoms in total. The number of hydrogen-bond donors (Lipinski definition) is 1. The van der Waals surface area contributed by atoms with Gasteiger partial charge in [0, 0.05) is 55.0 Å². The molecule has 14 heteroatoms. The molecule has 5 aromatic carbocycles. The third-order valence-corrected chi connectivity index (χ3v) is 18.3. The van der Waals surface area contributed by atoms with Gasteiger partial charge in [-0.05, 0) is 213 Å². The zero-order chi connectivity index (χ0) is 65.8. The molecule has 2 saturated heterocycles. The van der Waals surface area contributed by atoms with Crippen LogP contribution in [-0.4, -0.2) is 102 Å². The maximum absolute atomic E-state index is 15.5. The van der Waals surface area contributed by atoms with Crippen molar-refractivity contribution in [1.82, 2.24) is 9.80 Å². The summed E-state index contributed by atoms with van der Waals surface area (Å²) in [5.41, 5.74) is 1.67. The molecule has 2 fully saturated rings. The molecule has 2 unspecified atom stereocenters. The molecular formula is C76H102N2O12. The Morgan fingerprint density at radius 1 is 0.522 bits per heavy atom. The monoisotopic (exact) mass is 1230 g/mol. The normalized spacial score (nSPS) is 17.4. The first-order valence-electron chi connectivity index (χ1n) is 32.4. The van der Waals surface area contributed by atoms with Crippen LogP contribution in [0.4, 0.5) is 0 Å². The van der Waals surface area contributed by atoms with E-state index in [0.717, 1.165) is 84.4 Å².